The summed E-state index contributed by atoms with van der Waals surface area (Å²) in [6, 6.07) is 8.18. The van der Waals surface area contributed by atoms with Gasteiger partial charge in [-0.15, -0.1) is 0 Å². The van der Waals surface area contributed by atoms with E-state index in [1.807, 2.05) is 45.0 Å². The molecule has 1 aliphatic heterocycles. The maximum atomic E-state index is 11.7. The van der Waals surface area contributed by atoms with Crippen molar-refractivity contribution >= 4 is 28.5 Å². The highest BCUT2D eigenvalue weighted by Gasteiger charge is 2.30. The number of benzene rings is 1. The summed E-state index contributed by atoms with van der Waals surface area (Å²) in [4.78, 5) is 18.0. The Bertz CT molecular complexity index is 451. The molecule has 3 nitrogen and oxygen atoms in total. The average molecular weight is 248 g/mol. The van der Waals surface area contributed by atoms with E-state index in [4.69, 9.17) is 0 Å². The maximum absolute atomic E-state index is 11.7. The van der Waals surface area contributed by atoms with Crippen LogP contribution < -0.4 is 0 Å². The molecule has 0 N–H and O–H groups in total. The molecular weight excluding hydrogens is 232 g/mol. The van der Waals surface area contributed by atoms with Crippen LogP contribution in [-0.2, 0) is 4.79 Å². The Kier molecular flexibility index (Phi) is 3.52. The van der Waals surface area contributed by atoms with Crippen LogP contribution in [0.4, 0.5) is 5.69 Å². The first kappa shape index (κ1) is 12.2. The third kappa shape index (κ3) is 2.69. The number of hydrogen-bond acceptors (Lipinski definition) is 3. The monoisotopic (exact) mass is 248 g/mol. The molecule has 2 rings (SSSR count). The van der Waals surface area contributed by atoms with E-state index < -0.39 is 0 Å². The highest BCUT2D eigenvalue weighted by molar-refractivity contribution is 8.15. The van der Waals surface area contributed by atoms with Gasteiger partial charge >= 0.3 is 0 Å². The van der Waals surface area contributed by atoms with Crippen molar-refractivity contribution in [1.82, 2.24) is 4.90 Å². The van der Waals surface area contributed by atoms with Crippen LogP contribution in [0.1, 0.15) is 19.4 Å². The standard InChI is InChI=1S/C13H16N2OS/c1-9(2)15-12(16)8-17-13(15)14-11-6-4-10(3)5-7-11/h4-7,9H,8H2,1-3H3. The maximum Gasteiger partial charge on any atom is 0.239 e. The Morgan fingerprint density at radius 3 is 2.53 bits per heavy atom. The summed E-state index contributed by atoms with van der Waals surface area (Å²) in [5.41, 5.74) is 2.11. The van der Waals surface area contributed by atoms with Gasteiger partial charge in [-0.25, -0.2) is 4.99 Å². The number of hydrogen-bond donors (Lipinski definition) is 0. The van der Waals surface area contributed by atoms with E-state index in [1.54, 1.807) is 4.90 Å². The Hall–Kier alpha value is -1.29. The molecule has 0 spiro atoms. The topological polar surface area (TPSA) is 32.7 Å². The molecule has 1 amide bonds. The highest BCUT2D eigenvalue weighted by Crippen LogP contribution is 2.25. The SMILES string of the molecule is Cc1ccc(N=C2SCC(=O)N2C(C)C)cc1. The number of thioether (sulfide) groups is 1. The molecule has 17 heavy (non-hydrogen) atoms. The lowest BCUT2D eigenvalue weighted by molar-refractivity contribution is -0.125. The molecule has 0 saturated carbocycles. The van der Waals surface area contributed by atoms with Gasteiger partial charge in [0.2, 0.25) is 5.91 Å². The van der Waals surface area contributed by atoms with Gasteiger partial charge in [-0.3, -0.25) is 9.69 Å². The minimum Gasteiger partial charge on any atom is -0.288 e. The van der Waals surface area contributed by atoms with Crippen molar-refractivity contribution in [3.05, 3.63) is 29.8 Å². The molecule has 0 aromatic heterocycles. The second-order valence-electron chi connectivity index (χ2n) is 4.38. The molecule has 1 heterocycles. The van der Waals surface area contributed by atoms with Crippen molar-refractivity contribution in [3.63, 3.8) is 0 Å². The first-order valence-electron chi connectivity index (χ1n) is 5.68. The normalized spacial score (nSPS) is 18.5. The number of carbonyl (C=O) groups excluding carboxylic acids is 1. The smallest absolute Gasteiger partial charge is 0.239 e. The molecule has 0 radical (unpaired) electrons. The second kappa shape index (κ2) is 4.92. The van der Waals surface area contributed by atoms with Crippen molar-refractivity contribution in [1.29, 1.82) is 0 Å². The summed E-state index contributed by atoms with van der Waals surface area (Å²) in [6.07, 6.45) is 0. The summed E-state index contributed by atoms with van der Waals surface area (Å²) in [6.45, 7) is 6.06. The van der Waals surface area contributed by atoms with Gasteiger partial charge in [-0.1, -0.05) is 29.5 Å². The number of aliphatic imine (C=N–C) groups is 1. The summed E-state index contributed by atoms with van der Waals surface area (Å²) in [7, 11) is 0. The summed E-state index contributed by atoms with van der Waals surface area (Å²) < 4.78 is 0. The minimum atomic E-state index is 0.149. The summed E-state index contributed by atoms with van der Waals surface area (Å²) >= 11 is 1.51. The van der Waals surface area contributed by atoms with E-state index in [0.29, 0.717) is 5.75 Å². The predicted octanol–water partition coefficient (Wildman–Crippen LogP) is 2.97. The number of aryl methyl sites for hydroxylation is 1. The number of amidine groups is 1. The molecule has 1 aromatic rings. The van der Waals surface area contributed by atoms with E-state index in [-0.39, 0.29) is 11.9 Å². The van der Waals surface area contributed by atoms with Gasteiger partial charge in [0, 0.05) is 6.04 Å². The van der Waals surface area contributed by atoms with E-state index in [9.17, 15) is 4.79 Å². The first-order chi connectivity index (χ1) is 8.08. The third-order valence-corrected chi connectivity index (χ3v) is 3.51. The van der Waals surface area contributed by atoms with Crippen LogP contribution in [0.5, 0.6) is 0 Å². The third-order valence-electron chi connectivity index (χ3n) is 2.57. The Labute approximate surface area is 106 Å². The zero-order chi connectivity index (χ0) is 12.4. The Morgan fingerprint density at radius 1 is 1.29 bits per heavy atom. The second-order valence-corrected chi connectivity index (χ2v) is 5.32. The summed E-state index contributed by atoms with van der Waals surface area (Å²) in [5, 5.41) is 0.814. The lowest BCUT2D eigenvalue weighted by Crippen LogP contribution is -2.35. The fraction of sp³-hybridized carbons (Fsp3) is 0.385. The predicted molar refractivity (Wildman–Crippen MR) is 72.7 cm³/mol. The van der Waals surface area contributed by atoms with Gasteiger partial charge in [0.15, 0.2) is 5.17 Å². The van der Waals surface area contributed by atoms with Crippen molar-refractivity contribution in [2.45, 2.75) is 26.8 Å². The molecular formula is C13H16N2OS. The van der Waals surface area contributed by atoms with Crippen LogP contribution in [0.25, 0.3) is 0 Å². The molecule has 1 fully saturated rings. The van der Waals surface area contributed by atoms with Crippen molar-refractivity contribution in [2.24, 2.45) is 4.99 Å². The van der Waals surface area contributed by atoms with Crippen molar-refractivity contribution < 1.29 is 4.79 Å². The molecule has 0 atom stereocenters. The quantitative estimate of drug-likeness (QED) is 0.806. The summed E-state index contributed by atoms with van der Waals surface area (Å²) in [5.74, 6) is 0.652. The molecule has 0 aliphatic carbocycles. The van der Waals surface area contributed by atoms with E-state index in [1.165, 1.54) is 17.3 Å². The van der Waals surface area contributed by atoms with Gasteiger partial charge in [0.05, 0.1) is 11.4 Å². The minimum absolute atomic E-state index is 0.149. The van der Waals surface area contributed by atoms with E-state index in [0.717, 1.165) is 10.9 Å². The fourth-order valence-electron chi connectivity index (χ4n) is 1.70. The van der Waals surface area contributed by atoms with Crippen LogP contribution >= 0.6 is 11.8 Å². The van der Waals surface area contributed by atoms with E-state index in [2.05, 4.69) is 4.99 Å². The number of carbonyl (C=O) groups is 1. The zero-order valence-electron chi connectivity index (χ0n) is 10.3. The lowest BCUT2D eigenvalue weighted by Gasteiger charge is -2.20. The molecule has 0 unspecified atom stereocenters. The molecule has 1 aromatic carbocycles. The molecule has 1 saturated heterocycles. The van der Waals surface area contributed by atoms with Crippen molar-refractivity contribution in [2.75, 3.05) is 5.75 Å². The Morgan fingerprint density at radius 2 is 1.94 bits per heavy atom. The molecule has 0 bridgehead atoms. The highest BCUT2D eigenvalue weighted by atomic mass is 32.2. The van der Waals surface area contributed by atoms with Crippen LogP contribution in [0.3, 0.4) is 0 Å². The fourth-order valence-corrected chi connectivity index (χ4v) is 2.71. The van der Waals surface area contributed by atoms with Gasteiger partial charge in [0.25, 0.3) is 0 Å². The zero-order valence-corrected chi connectivity index (χ0v) is 11.1. The number of rotatable bonds is 2. The van der Waals surface area contributed by atoms with Crippen LogP contribution in [0.15, 0.2) is 29.3 Å². The number of nitrogens with zero attached hydrogens (tertiary/aromatic N) is 2. The van der Waals surface area contributed by atoms with Gasteiger partial charge in [0.1, 0.15) is 0 Å². The first-order valence-corrected chi connectivity index (χ1v) is 6.66. The lowest BCUT2D eigenvalue weighted by atomic mass is 10.2. The van der Waals surface area contributed by atoms with Gasteiger partial charge in [-0.05, 0) is 32.9 Å². The Balaban J connectivity index is 2.27. The van der Waals surface area contributed by atoms with Crippen LogP contribution in [0, 0.1) is 6.92 Å². The molecule has 4 heteroatoms. The van der Waals surface area contributed by atoms with Crippen molar-refractivity contribution in [3.8, 4) is 0 Å². The molecule has 1 aliphatic rings. The molecule has 90 valence electrons. The number of amides is 1. The average Bonchev–Trinajstić information content (AvgIpc) is 2.63. The largest absolute Gasteiger partial charge is 0.288 e. The van der Waals surface area contributed by atoms with Crippen LogP contribution in [0.2, 0.25) is 0 Å². The van der Waals surface area contributed by atoms with Crippen LogP contribution in [-0.4, -0.2) is 27.8 Å². The van der Waals surface area contributed by atoms with E-state index >= 15 is 0 Å². The van der Waals surface area contributed by atoms with Gasteiger partial charge in [-0.2, -0.15) is 0 Å². The van der Waals surface area contributed by atoms with Gasteiger partial charge < -0.3 is 0 Å².